The Bertz CT molecular complexity index is 1120. The van der Waals surface area contributed by atoms with E-state index in [-0.39, 0.29) is 5.91 Å². The average Bonchev–Trinajstić information content (AvgIpc) is 3.36. The normalized spacial score (nSPS) is 13.5. The minimum Gasteiger partial charge on any atom is -0.343 e. The van der Waals surface area contributed by atoms with E-state index in [2.05, 4.69) is 13.8 Å². The summed E-state index contributed by atoms with van der Waals surface area (Å²) in [5.74, 6) is 1.15. The average molecular weight is 475 g/mol. The number of hydrogen-bond donors (Lipinski definition) is 0. The first kappa shape index (κ1) is 22.8. The number of fused-ring (bicyclic) bond motifs is 5. The van der Waals surface area contributed by atoms with E-state index in [1.165, 1.54) is 40.4 Å². The number of aryl methyl sites for hydroxylation is 1. The Kier molecular flexibility index (Phi) is 7.08. The van der Waals surface area contributed by atoms with Crippen LogP contribution in [0.3, 0.4) is 0 Å². The van der Waals surface area contributed by atoms with Crippen molar-refractivity contribution in [2.24, 2.45) is 5.92 Å². The van der Waals surface area contributed by atoms with Crippen molar-refractivity contribution in [3.8, 4) is 0 Å². The molecule has 0 fully saturated rings. The van der Waals surface area contributed by atoms with Gasteiger partial charge in [-0.25, -0.2) is 15.0 Å². The largest absolute Gasteiger partial charge is 0.343 e. The van der Waals surface area contributed by atoms with Gasteiger partial charge in [0.15, 0.2) is 5.16 Å². The van der Waals surface area contributed by atoms with Crippen molar-refractivity contribution in [3.63, 3.8) is 0 Å². The molecule has 0 N–H and O–H groups in total. The zero-order valence-corrected chi connectivity index (χ0v) is 21.4. The van der Waals surface area contributed by atoms with Crippen LogP contribution in [0.1, 0.15) is 50.9 Å². The SMILES string of the molecule is CCN(CC)C(=O)CSc1nc(SC)nc2c1sc1nc(CC(C)C)c3c(c12)CCC3. The van der Waals surface area contributed by atoms with Gasteiger partial charge >= 0.3 is 0 Å². The van der Waals surface area contributed by atoms with Gasteiger partial charge in [0.25, 0.3) is 0 Å². The van der Waals surface area contributed by atoms with E-state index >= 15 is 0 Å². The summed E-state index contributed by atoms with van der Waals surface area (Å²) in [7, 11) is 0. The molecule has 4 rings (SSSR count). The predicted octanol–water partition coefficient (Wildman–Crippen LogP) is 5.61. The topological polar surface area (TPSA) is 59.0 Å². The molecule has 3 heterocycles. The smallest absolute Gasteiger partial charge is 0.232 e. The van der Waals surface area contributed by atoms with Crippen LogP contribution < -0.4 is 0 Å². The van der Waals surface area contributed by atoms with E-state index in [1.54, 1.807) is 23.1 Å². The molecule has 0 saturated heterocycles. The molecule has 8 heteroatoms. The molecule has 0 aliphatic heterocycles. The monoisotopic (exact) mass is 474 g/mol. The number of amides is 1. The number of carbonyl (C=O) groups is 1. The lowest BCUT2D eigenvalue weighted by atomic mass is 9.99. The molecule has 0 saturated carbocycles. The number of nitrogens with zero attached hydrogens (tertiary/aromatic N) is 4. The van der Waals surface area contributed by atoms with Crippen LogP contribution in [0, 0.1) is 5.92 Å². The molecule has 3 aromatic heterocycles. The van der Waals surface area contributed by atoms with Crippen LogP contribution in [0.5, 0.6) is 0 Å². The molecule has 31 heavy (non-hydrogen) atoms. The maximum absolute atomic E-state index is 12.6. The molecular weight excluding hydrogens is 444 g/mol. The summed E-state index contributed by atoms with van der Waals surface area (Å²) in [6, 6.07) is 0. The van der Waals surface area contributed by atoms with E-state index in [0.29, 0.717) is 11.7 Å². The fourth-order valence-corrected chi connectivity index (χ4v) is 6.94. The summed E-state index contributed by atoms with van der Waals surface area (Å²) in [5.41, 5.74) is 5.20. The van der Waals surface area contributed by atoms with Crippen molar-refractivity contribution in [1.82, 2.24) is 19.9 Å². The lowest BCUT2D eigenvalue weighted by Crippen LogP contribution is -2.31. The maximum Gasteiger partial charge on any atom is 0.232 e. The van der Waals surface area contributed by atoms with Crippen molar-refractivity contribution in [3.05, 3.63) is 16.8 Å². The van der Waals surface area contributed by atoms with Crippen molar-refractivity contribution < 1.29 is 4.79 Å². The van der Waals surface area contributed by atoms with E-state index in [1.807, 2.05) is 25.0 Å². The Balaban J connectivity index is 1.83. The molecule has 0 aromatic carbocycles. The van der Waals surface area contributed by atoms with Crippen LogP contribution in [0.4, 0.5) is 0 Å². The van der Waals surface area contributed by atoms with E-state index < -0.39 is 0 Å². The highest BCUT2D eigenvalue weighted by Crippen LogP contribution is 2.43. The number of thioether (sulfide) groups is 2. The van der Waals surface area contributed by atoms with Gasteiger partial charge in [-0.05, 0) is 62.8 Å². The fraction of sp³-hybridized carbons (Fsp3) is 0.565. The third-order valence-corrected chi connectivity index (χ3v) is 8.52. The molecule has 0 radical (unpaired) electrons. The Morgan fingerprint density at radius 1 is 1.13 bits per heavy atom. The first-order valence-corrected chi connectivity index (χ1v) is 14.1. The van der Waals surface area contributed by atoms with Crippen LogP contribution in [-0.4, -0.2) is 50.9 Å². The second-order valence-corrected chi connectivity index (χ2v) is 11.0. The second-order valence-electron chi connectivity index (χ2n) is 8.30. The summed E-state index contributed by atoms with van der Waals surface area (Å²) in [6.07, 6.45) is 6.45. The van der Waals surface area contributed by atoms with Crippen molar-refractivity contribution in [2.75, 3.05) is 25.1 Å². The number of thiophene rings is 1. The molecule has 0 unspecified atom stereocenters. The van der Waals surface area contributed by atoms with Gasteiger partial charge in [0.1, 0.15) is 9.86 Å². The number of carbonyl (C=O) groups excluding carboxylic acids is 1. The van der Waals surface area contributed by atoms with E-state index in [9.17, 15) is 4.79 Å². The van der Waals surface area contributed by atoms with Crippen LogP contribution in [-0.2, 0) is 24.1 Å². The van der Waals surface area contributed by atoms with Gasteiger partial charge < -0.3 is 4.90 Å². The van der Waals surface area contributed by atoms with Crippen molar-refractivity contribution in [1.29, 1.82) is 0 Å². The standard InChI is InChI=1S/C23H30N4OS3/c1-6-27(7-2)17(28)12-30-22-20-19(25-23(26-22)29-5)18-15-10-8-9-14(15)16(11-13(3)4)24-21(18)31-20/h13H,6-12H2,1-5H3. The van der Waals surface area contributed by atoms with E-state index in [0.717, 1.165) is 57.6 Å². The molecule has 1 amide bonds. The summed E-state index contributed by atoms with van der Waals surface area (Å²) >= 11 is 4.79. The first-order chi connectivity index (χ1) is 15.0. The minimum absolute atomic E-state index is 0.159. The highest BCUT2D eigenvalue weighted by Gasteiger charge is 2.25. The first-order valence-electron chi connectivity index (χ1n) is 11.1. The molecule has 166 valence electrons. The van der Waals surface area contributed by atoms with Gasteiger partial charge in [-0.2, -0.15) is 0 Å². The zero-order chi connectivity index (χ0) is 22.1. The van der Waals surface area contributed by atoms with Crippen LogP contribution in [0.25, 0.3) is 20.4 Å². The minimum atomic E-state index is 0.159. The zero-order valence-electron chi connectivity index (χ0n) is 18.9. The molecule has 0 bridgehead atoms. The van der Waals surface area contributed by atoms with Gasteiger partial charge in [0.2, 0.25) is 5.91 Å². The number of aromatic nitrogens is 3. The van der Waals surface area contributed by atoms with Crippen molar-refractivity contribution in [2.45, 2.75) is 63.6 Å². The van der Waals surface area contributed by atoms with Gasteiger partial charge in [0.05, 0.1) is 16.0 Å². The number of rotatable bonds is 8. The number of hydrogen-bond acceptors (Lipinski definition) is 7. The summed E-state index contributed by atoms with van der Waals surface area (Å²) < 4.78 is 1.08. The molecular formula is C23H30N4OS3. The molecule has 0 atom stereocenters. The summed E-state index contributed by atoms with van der Waals surface area (Å²) in [4.78, 5) is 30.4. The Labute approximate surface area is 196 Å². The third-order valence-electron chi connectivity index (χ3n) is 5.80. The molecule has 0 spiro atoms. The highest BCUT2D eigenvalue weighted by atomic mass is 32.2. The highest BCUT2D eigenvalue weighted by molar-refractivity contribution is 8.00. The Hall–Kier alpha value is -1.38. The second kappa shape index (κ2) is 9.63. The van der Waals surface area contributed by atoms with Crippen LogP contribution >= 0.6 is 34.9 Å². The lowest BCUT2D eigenvalue weighted by Gasteiger charge is -2.18. The molecule has 3 aromatic rings. The molecule has 1 aliphatic carbocycles. The van der Waals surface area contributed by atoms with Gasteiger partial charge in [-0.15, -0.1) is 11.3 Å². The van der Waals surface area contributed by atoms with Gasteiger partial charge in [-0.3, -0.25) is 4.79 Å². The quantitative estimate of drug-likeness (QED) is 0.240. The van der Waals surface area contributed by atoms with Crippen LogP contribution in [0.2, 0.25) is 0 Å². The van der Waals surface area contributed by atoms with Gasteiger partial charge in [-0.1, -0.05) is 37.4 Å². The van der Waals surface area contributed by atoms with Gasteiger partial charge in [0, 0.05) is 24.2 Å². The summed E-state index contributed by atoms with van der Waals surface area (Å²) in [5, 5.41) is 2.91. The third kappa shape index (κ3) is 4.44. The molecule has 5 nitrogen and oxygen atoms in total. The Morgan fingerprint density at radius 3 is 2.55 bits per heavy atom. The fourth-order valence-electron chi connectivity index (χ4n) is 4.34. The Morgan fingerprint density at radius 2 is 1.87 bits per heavy atom. The number of pyridine rings is 1. The van der Waals surface area contributed by atoms with Crippen LogP contribution in [0.15, 0.2) is 10.2 Å². The maximum atomic E-state index is 12.6. The predicted molar refractivity (Wildman–Crippen MR) is 134 cm³/mol. The molecule has 1 aliphatic rings. The van der Waals surface area contributed by atoms with Crippen molar-refractivity contribution >= 4 is 61.2 Å². The van der Waals surface area contributed by atoms with E-state index in [4.69, 9.17) is 15.0 Å². The summed E-state index contributed by atoms with van der Waals surface area (Å²) in [6.45, 7) is 10.0. The lowest BCUT2D eigenvalue weighted by molar-refractivity contribution is -0.127.